The molecule has 1 N–H and O–H groups in total. The van der Waals surface area contributed by atoms with Crippen LogP contribution in [-0.2, 0) is 0 Å². The van der Waals surface area contributed by atoms with Crippen molar-refractivity contribution in [2.24, 2.45) is 5.92 Å². The van der Waals surface area contributed by atoms with Gasteiger partial charge in [-0.25, -0.2) is 0 Å². The molecule has 0 amide bonds. The fourth-order valence-electron chi connectivity index (χ4n) is 2.57. The van der Waals surface area contributed by atoms with Crippen molar-refractivity contribution in [2.45, 2.75) is 45.1 Å². The van der Waals surface area contributed by atoms with Crippen LogP contribution in [0.4, 0.5) is 0 Å². The van der Waals surface area contributed by atoms with Crippen LogP contribution in [0.5, 0.6) is 0 Å². The van der Waals surface area contributed by atoms with E-state index in [9.17, 15) is 0 Å². The van der Waals surface area contributed by atoms with Crippen LogP contribution in [0.2, 0.25) is 0 Å². The van der Waals surface area contributed by atoms with E-state index < -0.39 is 0 Å². The van der Waals surface area contributed by atoms with Gasteiger partial charge in [-0.05, 0) is 25.3 Å². The van der Waals surface area contributed by atoms with Crippen molar-refractivity contribution in [2.75, 3.05) is 6.54 Å². The number of nitrogens with one attached hydrogen (secondary N) is 1. The number of rotatable bonds is 4. The molecule has 1 aromatic rings. The lowest BCUT2D eigenvalue weighted by atomic mass is 9.83. The van der Waals surface area contributed by atoms with Gasteiger partial charge in [0.1, 0.15) is 0 Å². The molecule has 1 atom stereocenters. The third-order valence-corrected chi connectivity index (χ3v) is 4.16. The van der Waals surface area contributed by atoms with Crippen LogP contribution in [0.15, 0.2) is 11.7 Å². The Kier molecular flexibility index (Phi) is 4.15. The van der Waals surface area contributed by atoms with Crippen LogP contribution in [-0.4, -0.2) is 11.5 Å². The maximum absolute atomic E-state index is 4.20. The van der Waals surface area contributed by atoms with Gasteiger partial charge < -0.3 is 5.32 Å². The minimum absolute atomic E-state index is 0.558. The van der Waals surface area contributed by atoms with E-state index in [-0.39, 0.29) is 0 Å². The molecule has 84 valence electrons. The largest absolute Gasteiger partial charge is 0.309 e. The molecule has 2 nitrogen and oxygen atoms in total. The summed E-state index contributed by atoms with van der Waals surface area (Å²) in [6.45, 7) is 3.25. The van der Waals surface area contributed by atoms with Crippen LogP contribution < -0.4 is 5.32 Å². The van der Waals surface area contributed by atoms with E-state index in [1.54, 1.807) is 11.3 Å². The SMILES string of the molecule is CCNC(c1cncs1)C1CCCCC1. The maximum Gasteiger partial charge on any atom is 0.0794 e. The molecule has 0 saturated heterocycles. The molecule has 0 bridgehead atoms. The zero-order valence-corrected chi connectivity index (χ0v) is 10.2. The highest BCUT2D eigenvalue weighted by molar-refractivity contribution is 7.09. The van der Waals surface area contributed by atoms with E-state index in [2.05, 4.69) is 17.2 Å². The summed E-state index contributed by atoms with van der Waals surface area (Å²) in [6.07, 6.45) is 9.05. The number of aromatic nitrogens is 1. The molecule has 1 aliphatic rings. The summed E-state index contributed by atoms with van der Waals surface area (Å²) in [4.78, 5) is 5.62. The van der Waals surface area contributed by atoms with Crippen molar-refractivity contribution in [3.05, 3.63) is 16.6 Å². The van der Waals surface area contributed by atoms with Crippen LogP contribution in [0.3, 0.4) is 0 Å². The predicted molar refractivity (Wildman–Crippen MR) is 65.1 cm³/mol. The van der Waals surface area contributed by atoms with Crippen molar-refractivity contribution < 1.29 is 0 Å². The van der Waals surface area contributed by atoms with Gasteiger partial charge in [-0.2, -0.15) is 0 Å². The Labute approximate surface area is 96.1 Å². The summed E-state index contributed by atoms with van der Waals surface area (Å²) in [5, 5.41) is 3.63. The van der Waals surface area contributed by atoms with E-state index in [1.807, 2.05) is 11.7 Å². The lowest BCUT2D eigenvalue weighted by Crippen LogP contribution is -2.28. The molecule has 1 aliphatic carbocycles. The number of hydrogen-bond acceptors (Lipinski definition) is 3. The van der Waals surface area contributed by atoms with Gasteiger partial charge in [0, 0.05) is 17.1 Å². The normalized spacial score (nSPS) is 20.3. The standard InChI is InChI=1S/C12H20N2S/c1-2-14-12(11-8-13-9-15-11)10-6-4-3-5-7-10/h8-10,12,14H,2-7H2,1H3. The average Bonchev–Trinajstić information content (AvgIpc) is 2.80. The zero-order chi connectivity index (χ0) is 10.5. The van der Waals surface area contributed by atoms with Gasteiger partial charge in [-0.1, -0.05) is 26.2 Å². The van der Waals surface area contributed by atoms with Crippen LogP contribution in [0.25, 0.3) is 0 Å². The Morgan fingerprint density at radius 1 is 1.47 bits per heavy atom. The number of hydrogen-bond donors (Lipinski definition) is 1. The van der Waals surface area contributed by atoms with E-state index >= 15 is 0 Å². The Morgan fingerprint density at radius 3 is 2.87 bits per heavy atom. The topological polar surface area (TPSA) is 24.9 Å². The molecular weight excluding hydrogens is 204 g/mol. The third kappa shape index (κ3) is 2.79. The summed E-state index contributed by atoms with van der Waals surface area (Å²) in [5.74, 6) is 0.833. The van der Waals surface area contributed by atoms with Crippen molar-refractivity contribution in [1.29, 1.82) is 0 Å². The van der Waals surface area contributed by atoms with E-state index in [1.165, 1.54) is 37.0 Å². The maximum atomic E-state index is 4.20. The van der Waals surface area contributed by atoms with Gasteiger partial charge in [-0.15, -0.1) is 11.3 Å². The monoisotopic (exact) mass is 224 g/mol. The van der Waals surface area contributed by atoms with Gasteiger partial charge in [-0.3, -0.25) is 4.98 Å². The first-order chi connectivity index (χ1) is 7.42. The minimum Gasteiger partial charge on any atom is -0.309 e. The molecule has 2 rings (SSSR count). The van der Waals surface area contributed by atoms with Crippen molar-refractivity contribution in [3.63, 3.8) is 0 Å². The first kappa shape index (κ1) is 11.1. The highest BCUT2D eigenvalue weighted by atomic mass is 32.1. The second-order valence-electron chi connectivity index (χ2n) is 4.34. The summed E-state index contributed by atoms with van der Waals surface area (Å²) < 4.78 is 0. The molecule has 15 heavy (non-hydrogen) atoms. The van der Waals surface area contributed by atoms with Crippen molar-refractivity contribution >= 4 is 11.3 Å². The summed E-state index contributed by atoms with van der Waals surface area (Å²) in [5.41, 5.74) is 1.95. The zero-order valence-electron chi connectivity index (χ0n) is 9.41. The molecule has 1 fully saturated rings. The summed E-state index contributed by atoms with van der Waals surface area (Å²) in [7, 11) is 0. The van der Waals surface area contributed by atoms with Gasteiger partial charge in [0.25, 0.3) is 0 Å². The second kappa shape index (κ2) is 5.61. The Balaban J connectivity index is 2.04. The molecule has 0 spiro atoms. The first-order valence-corrected chi connectivity index (χ1v) is 6.91. The molecule has 3 heteroatoms. The lowest BCUT2D eigenvalue weighted by Gasteiger charge is -2.29. The minimum atomic E-state index is 0.558. The highest BCUT2D eigenvalue weighted by Gasteiger charge is 2.25. The molecule has 1 heterocycles. The van der Waals surface area contributed by atoms with Gasteiger partial charge in [0.15, 0.2) is 0 Å². The van der Waals surface area contributed by atoms with Crippen molar-refractivity contribution in [3.8, 4) is 0 Å². The number of thiazole rings is 1. The second-order valence-corrected chi connectivity index (χ2v) is 5.26. The predicted octanol–water partition coefficient (Wildman–Crippen LogP) is 3.37. The Morgan fingerprint density at radius 2 is 2.27 bits per heavy atom. The van der Waals surface area contributed by atoms with Crippen molar-refractivity contribution in [1.82, 2.24) is 10.3 Å². The molecule has 0 radical (unpaired) electrons. The smallest absolute Gasteiger partial charge is 0.0794 e. The molecule has 1 saturated carbocycles. The Hall–Kier alpha value is -0.410. The fourth-order valence-corrected chi connectivity index (χ4v) is 3.35. The van der Waals surface area contributed by atoms with E-state index in [0.29, 0.717) is 6.04 Å². The van der Waals surface area contributed by atoms with Gasteiger partial charge >= 0.3 is 0 Å². The summed E-state index contributed by atoms with van der Waals surface area (Å²) in [6, 6.07) is 0.558. The van der Waals surface area contributed by atoms with Gasteiger partial charge in [0.2, 0.25) is 0 Å². The van der Waals surface area contributed by atoms with Crippen LogP contribution in [0.1, 0.15) is 49.9 Å². The van der Waals surface area contributed by atoms with Crippen LogP contribution >= 0.6 is 11.3 Å². The molecule has 1 aromatic heterocycles. The third-order valence-electron chi connectivity index (χ3n) is 3.30. The molecule has 0 aliphatic heterocycles. The Bertz CT molecular complexity index is 265. The van der Waals surface area contributed by atoms with Gasteiger partial charge in [0.05, 0.1) is 5.51 Å². The molecular formula is C12H20N2S. The van der Waals surface area contributed by atoms with E-state index in [0.717, 1.165) is 12.5 Å². The lowest BCUT2D eigenvalue weighted by molar-refractivity contribution is 0.277. The summed E-state index contributed by atoms with van der Waals surface area (Å²) >= 11 is 1.79. The number of nitrogens with zero attached hydrogens (tertiary/aromatic N) is 1. The quantitative estimate of drug-likeness (QED) is 0.848. The van der Waals surface area contributed by atoms with Crippen LogP contribution in [0, 0.1) is 5.92 Å². The molecule has 1 unspecified atom stereocenters. The fraction of sp³-hybridized carbons (Fsp3) is 0.750. The van der Waals surface area contributed by atoms with E-state index in [4.69, 9.17) is 0 Å². The molecule has 0 aromatic carbocycles. The first-order valence-electron chi connectivity index (χ1n) is 6.03. The average molecular weight is 224 g/mol. The highest BCUT2D eigenvalue weighted by Crippen LogP contribution is 2.35.